The van der Waals surface area contributed by atoms with E-state index >= 15 is 0 Å². The lowest BCUT2D eigenvalue weighted by Gasteiger charge is -2.28. The fourth-order valence-corrected chi connectivity index (χ4v) is 3.26. The molecule has 0 atom stereocenters. The first-order valence-electron chi connectivity index (χ1n) is 10.2. The molecule has 1 amide bonds. The summed E-state index contributed by atoms with van der Waals surface area (Å²) < 4.78 is 10.4. The minimum atomic E-state index is -0.583. The van der Waals surface area contributed by atoms with Gasteiger partial charge in [-0.15, -0.1) is 0 Å². The van der Waals surface area contributed by atoms with Crippen molar-refractivity contribution in [2.75, 3.05) is 36.5 Å². The Kier molecular flexibility index (Phi) is 7.50. The van der Waals surface area contributed by atoms with Crippen LogP contribution in [0.1, 0.15) is 31.7 Å². The third-order valence-corrected chi connectivity index (χ3v) is 4.92. The SMILES string of the molecule is CCc1ccc(OCC(=O)OCC(=O)Nc2ccc(N3CCCCC3)cc2)cc1. The number of anilines is 2. The van der Waals surface area contributed by atoms with Crippen LogP contribution in [0.3, 0.4) is 0 Å². The molecule has 1 heterocycles. The lowest BCUT2D eigenvalue weighted by molar-refractivity contribution is -0.149. The van der Waals surface area contributed by atoms with Crippen LogP contribution in [0.4, 0.5) is 11.4 Å². The van der Waals surface area contributed by atoms with Gasteiger partial charge in [0.2, 0.25) is 0 Å². The summed E-state index contributed by atoms with van der Waals surface area (Å²) in [5.41, 5.74) is 3.04. The zero-order valence-corrected chi connectivity index (χ0v) is 16.9. The molecule has 0 unspecified atom stereocenters. The van der Waals surface area contributed by atoms with Gasteiger partial charge in [0.05, 0.1) is 0 Å². The van der Waals surface area contributed by atoms with Crippen molar-refractivity contribution in [2.45, 2.75) is 32.6 Å². The highest BCUT2D eigenvalue weighted by Gasteiger charge is 2.12. The van der Waals surface area contributed by atoms with Gasteiger partial charge in [0.25, 0.3) is 5.91 Å². The number of nitrogens with zero attached hydrogens (tertiary/aromatic N) is 1. The first-order chi connectivity index (χ1) is 14.1. The molecule has 6 nitrogen and oxygen atoms in total. The second-order valence-electron chi connectivity index (χ2n) is 7.09. The van der Waals surface area contributed by atoms with Gasteiger partial charge in [-0.25, -0.2) is 4.79 Å². The van der Waals surface area contributed by atoms with Gasteiger partial charge in [-0.05, 0) is 67.6 Å². The molecule has 0 saturated carbocycles. The van der Waals surface area contributed by atoms with E-state index in [2.05, 4.69) is 17.1 Å². The van der Waals surface area contributed by atoms with Crippen molar-refractivity contribution in [3.8, 4) is 5.75 Å². The van der Waals surface area contributed by atoms with Gasteiger partial charge in [0.1, 0.15) is 5.75 Å². The van der Waals surface area contributed by atoms with Gasteiger partial charge in [0, 0.05) is 24.5 Å². The second-order valence-corrected chi connectivity index (χ2v) is 7.09. The molecule has 3 rings (SSSR count). The number of nitrogens with one attached hydrogen (secondary N) is 1. The smallest absolute Gasteiger partial charge is 0.344 e. The summed E-state index contributed by atoms with van der Waals surface area (Å²) in [5, 5.41) is 2.74. The molecule has 1 aliphatic rings. The molecule has 1 saturated heterocycles. The minimum Gasteiger partial charge on any atom is -0.482 e. The molecule has 29 heavy (non-hydrogen) atoms. The zero-order chi connectivity index (χ0) is 20.5. The van der Waals surface area contributed by atoms with Gasteiger partial charge >= 0.3 is 5.97 Å². The monoisotopic (exact) mass is 396 g/mol. The van der Waals surface area contributed by atoms with Crippen molar-refractivity contribution in [1.82, 2.24) is 0 Å². The highest BCUT2D eigenvalue weighted by atomic mass is 16.6. The summed E-state index contributed by atoms with van der Waals surface area (Å²) >= 11 is 0. The number of esters is 1. The third kappa shape index (κ3) is 6.52. The standard InChI is InChI=1S/C23H28N2O4/c1-2-18-6-12-21(13-7-18)28-17-23(27)29-16-22(26)24-19-8-10-20(11-9-19)25-14-4-3-5-15-25/h6-13H,2-5,14-17H2,1H3,(H,24,26). The van der Waals surface area contributed by atoms with Crippen LogP contribution in [0, 0.1) is 0 Å². The van der Waals surface area contributed by atoms with E-state index in [0.717, 1.165) is 19.5 Å². The molecule has 0 aromatic heterocycles. The summed E-state index contributed by atoms with van der Waals surface area (Å²) in [5.74, 6) is -0.367. The van der Waals surface area contributed by atoms with Gasteiger partial charge < -0.3 is 19.7 Å². The lowest BCUT2D eigenvalue weighted by Crippen LogP contribution is -2.29. The van der Waals surface area contributed by atoms with E-state index in [0.29, 0.717) is 11.4 Å². The number of hydrogen-bond acceptors (Lipinski definition) is 5. The number of carbonyl (C=O) groups excluding carboxylic acids is 2. The molecule has 6 heteroatoms. The van der Waals surface area contributed by atoms with Crippen LogP contribution in [0.25, 0.3) is 0 Å². The van der Waals surface area contributed by atoms with Crippen molar-refractivity contribution < 1.29 is 19.1 Å². The molecule has 154 valence electrons. The highest BCUT2D eigenvalue weighted by Crippen LogP contribution is 2.21. The fraction of sp³-hybridized carbons (Fsp3) is 0.391. The van der Waals surface area contributed by atoms with E-state index < -0.39 is 5.97 Å². The fourth-order valence-electron chi connectivity index (χ4n) is 3.26. The van der Waals surface area contributed by atoms with Crippen molar-refractivity contribution in [2.24, 2.45) is 0 Å². The van der Waals surface area contributed by atoms with E-state index in [1.165, 1.54) is 30.5 Å². The number of hydrogen-bond donors (Lipinski definition) is 1. The Morgan fingerprint density at radius 2 is 1.62 bits per heavy atom. The molecule has 0 bridgehead atoms. The van der Waals surface area contributed by atoms with Crippen LogP contribution >= 0.6 is 0 Å². The molecular weight excluding hydrogens is 368 g/mol. The van der Waals surface area contributed by atoms with E-state index in [1.54, 1.807) is 0 Å². The number of aryl methyl sites for hydroxylation is 1. The van der Waals surface area contributed by atoms with Gasteiger partial charge in [-0.2, -0.15) is 0 Å². The maximum absolute atomic E-state index is 12.0. The van der Waals surface area contributed by atoms with Crippen LogP contribution in [-0.2, 0) is 20.7 Å². The lowest BCUT2D eigenvalue weighted by atomic mass is 10.1. The number of ether oxygens (including phenoxy) is 2. The Bertz CT molecular complexity index is 797. The van der Waals surface area contributed by atoms with Crippen LogP contribution in [0.5, 0.6) is 5.75 Å². The van der Waals surface area contributed by atoms with Crippen LogP contribution < -0.4 is 15.0 Å². The Balaban J connectivity index is 1.38. The summed E-state index contributed by atoms with van der Waals surface area (Å²) in [4.78, 5) is 26.1. The number of benzene rings is 2. The molecule has 0 radical (unpaired) electrons. The predicted molar refractivity (Wildman–Crippen MR) is 113 cm³/mol. The van der Waals surface area contributed by atoms with Crippen molar-refractivity contribution in [3.63, 3.8) is 0 Å². The number of rotatable bonds is 8. The summed E-state index contributed by atoms with van der Waals surface area (Å²) in [7, 11) is 0. The third-order valence-electron chi connectivity index (χ3n) is 4.92. The Hall–Kier alpha value is -3.02. The number of carbonyl (C=O) groups is 2. The molecule has 0 aliphatic carbocycles. The van der Waals surface area contributed by atoms with Gasteiger partial charge in [0.15, 0.2) is 13.2 Å². The minimum absolute atomic E-state index is 0.233. The quantitative estimate of drug-likeness (QED) is 0.688. The van der Waals surface area contributed by atoms with E-state index in [4.69, 9.17) is 9.47 Å². The first-order valence-corrected chi connectivity index (χ1v) is 10.2. The van der Waals surface area contributed by atoms with Crippen LogP contribution in [0.2, 0.25) is 0 Å². The van der Waals surface area contributed by atoms with E-state index in [-0.39, 0.29) is 19.1 Å². The van der Waals surface area contributed by atoms with Crippen molar-refractivity contribution >= 4 is 23.3 Å². The van der Waals surface area contributed by atoms with Gasteiger partial charge in [-0.1, -0.05) is 19.1 Å². The average molecular weight is 396 g/mol. The normalized spacial score (nSPS) is 13.6. The number of amides is 1. The topological polar surface area (TPSA) is 67.9 Å². The van der Waals surface area contributed by atoms with Crippen molar-refractivity contribution in [1.29, 1.82) is 0 Å². The zero-order valence-electron chi connectivity index (χ0n) is 16.9. The molecule has 1 fully saturated rings. The number of piperidine rings is 1. The molecule has 1 aliphatic heterocycles. The van der Waals surface area contributed by atoms with E-state index in [1.807, 2.05) is 48.5 Å². The van der Waals surface area contributed by atoms with Crippen molar-refractivity contribution in [3.05, 3.63) is 54.1 Å². The molecule has 2 aromatic carbocycles. The molecular formula is C23H28N2O4. The first kappa shape index (κ1) is 20.7. The van der Waals surface area contributed by atoms with Crippen LogP contribution in [0.15, 0.2) is 48.5 Å². The van der Waals surface area contributed by atoms with E-state index in [9.17, 15) is 9.59 Å². The maximum Gasteiger partial charge on any atom is 0.344 e. The summed E-state index contributed by atoms with van der Waals surface area (Å²) in [6, 6.07) is 15.3. The predicted octanol–water partition coefficient (Wildman–Crippen LogP) is 3.80. The van der Waals surface area contributed by atoms with Gasteiger partial charge in [-0.3, -0.25) is 4.79 Å². The summed E-state index contributed by atoms with van der Waals surface area (Å²) in [6.45, 7) is 3.65. The Morgan fingerprint density at radius 1 is 0.931 bits per heavy atom. The average Bonchev–Trinajstić information content (AvgIpc) is 2.78. The maximum atomic E-state index is 12.0. The van der Waals surface area contributed by atoms with Crippen LogP contribution in [-0.4, -0.2) is 38.2 Å². The second kappa shape index (κ2) is 10.5. The molecule has 0 spiro atoms. The summed E-state index contributed by atoms with van der Waals surface area (Å²) in [6.07, 6.45) is 4.67. The molecule has 1 N–H and O–H groups in total. The largest absolute Gasteiger partial charge is 0.482 e. The Morgan fingerprint density at radius 3 is 2.28 bits per heavy atom. The Labute approximate surface area is 171 Å². The highest BCUT2D eigenvalue weighted by molar-refractivity contribution is 5.93. The molecule has 2 aromatic rings.